The molecule has 1 aliphatic rings. The lowest BCUT2D eigenvalue weighted by atomic mass is 10.0. The van der Waals surface area contributed by atoms with Gasteiger partial charge in [0.2, 0.25) is 11.8 Å². The molecule has 1 saturated heterocycles. The molecule has 0 saturated carbocycles. The predicted molar refractivity (Wildman–Crippen MR) is 52.4 cm³/mol. The van der Waals surface area contributed by atoms with Gasteiger partial charge in [-0.05, 0) is 20.3 Å². The van der Waals surface area contributed by atoms with Crippen LogP contribution < -0.4 is 16.4 Å². The first-order valence-corrected chi connectivity index (χ1v) is 4.76. The molecule has 0 radical (unpaired) electrons. The van der Waals surface area contributed by atoms with Crippen molar-refractivity contribution in [3.8, 4) is 0 Å². The third-order valence-electron chi connectivity index (χ3n) is 2.19. The normalized spacial score (nSPS) is 22.8. The summed E-state index contributed by atoms with van der Waals surface area (Å²) in [4.78, 5) is 22.3. The van der Waals surface area contributed by atoms with Gasteiger partial charge in [-0.1, -0.05) is 0 Å². The van der Waals surface area contributed by atoms with Gasteiger partial charge in [0.1, 0.15) is 0 Å². The second-order valence-corrected chi connectivity index (χ2v) is 4.23. The lowest BCUT2D eigenvalue weighted by molar-refractivity contribution is -0.128. The van der Waals surface area contributed by atoms with Crippen LogP contribution in [0, 0.1) is 0 Å². The average molecular weight is 199 g/mol. The quantitative estimate of drug-likeness (QED) is 0.540. The number of nitrogens with one attached hydrogen (secondary N) is 2. The highest BCUT2D eigenvalue weighted by Crippen LogP contribution is 2.04. The van der Waals surface area contributed by atoms with E-state index in [2.05, 4.69) is 10.6 Å². The second kappa shape index (κ2) is 3.96. The molecule has 1 unspecified atom stereocenters. The molecular weight excluding hydrogens is 182 g/mol. The molecule has 2 amide bonds. The first-order chi connectivity index (χ1) is 6.39. The Bertz CT molecular complexity index is 235. The largest absolute Gasteiger partial charge is 0.354 e. The van der Waals surface area contributed by atoms with Crippen molar-refractivity contribution in [1.82, 2.24) is 10.6 Å². The zero-order chi connectivity index (χ0) is 10.8. The van der Waals surface area contributed by atoms with Crippen molar-refractivity contribution in [1.29, 1.82) is 0 Å². The molecule has 1 rings (SSSR count). The first-order valence-electron chi connectivity index (χ1n) is 4.76. The Balaban J connectivity index is 2.38. The van der Waals surface area contributed by atoms with Gasteiger partial charge in [0, 0.05) is 19.0 Å². The average Bonchev–Trinajstić information content (AvgIpc) is 2.07. The molecule has 4 N–H and O–H groups in total. The number of hydrogen-bond donors (Lipinski definition) is 3. The van der Waals surface area contributed by atoms with Gasteiger partial charge in [0.25, 0.3) is 0 Å². The van der Waals surface area contributed by atoms with Gasteiger partial charge in [-0.2, -0.15) is 0 Å². The number of carbonyl (C=O) groups excluding carboxylic acids is 2. The first kappa shape index (κ1) is 11.0. The molecule has 1 fully saturated rings. The fourth-order valence-electron chi connectivity index (χ4n) is 1.23. The van der Waals surface area contributed by atoms with Gasteiger partial charge in [-0.25, -0.2) is 0 Å². The molecule has 0 bridgehead atoms. The highest BCUT2D eigenvalue weighted by molar-refractivity contribution is 5.85. The molecule has 0 aromatic rings. The van der Waals surface area contributed by atoms with Gasteiger partial charge < -0.3 is 16.4 Å². The van der Waals surface area contributed by atoms with E-state index in [-0.39, 0.29) is 17.9 Å². The molecule has 1 aliphatic heterocycles. The van der Waals surface area contributed by atoms with Crippen molar-refractivity contribution in [2.45, 2.75) is 38.3 Å². The summed E-state index contributed by atoms with van der Waals surface area (Å²) in [6.45, 7) is 3.81. The maximum Gasteiger partial charge on any atom is 0.239 e. The van der Waals surface area contributed by atoms with E-state index in [9.17, 15) is 9.59 Å². The Morgan fingerprint density at radius 3 is 2.71 bits per heavy atom. The maximum atomic E-state index is 11.5. The summed E-state index contributed by atoms with van der Waals surface area (Å²) in [6.07, 6.45) is 1.16. The predicted octanol–water partition coefficient (Wildman–Crippen LogP) is -0.881. The molecule has 1 heterocycles. The lowest BCUT2D eigenvalue weighted by Crippen LogP contribution is -2.55. The zero-order valence-corrected chi connectivity index (χ0v) is 8.59. The van der Waals surface area contributed by atoms with E-state index in [1.807, 2.05) is 0 Å². The van der Waals surface area contributed by atoms with Crippen molar-refractivity contribution in [3.63, 3.8) is 0 Å². The van der Waals surface area contributed by atoms with E-state index >= 15 is 0 Å². The molecule has 0 spiro atoms. The number of piperidine rings is 1. The van der Waals surface area contributed by atoms with E-state index in [0.717, 1.165) is 0 Å². The summed E-state index contributed by atoms with van der Waals surface area (Å²) in [5.41, 5.74) is 4.76. The highest BCUT2D eigenvalue weighted by atomic mass is 16.2. The van der Waals surface area contributed by atoms with Gasteiger partial charge in [-0.3, -0.25) is 9.59 Å². The summed E-state index contributed by atoms with van der Waals surface area (Å²) in [5.74, 6) is -0.138. The number of carbonyl (C=O) groups is 2. The SMILES string of the molecule is CC(C)(N)C(=O)NC1CCC(=O)NC1. The van der Waals surface area contributed by atoms with Crippen LogP contribution in [-0.4, -0.2) is 29.9 Å². The third kappa shape index (κ3) is 2.99. The summed E-state index contributed by atoms with van der Waals surface area (Å²) >= 11 is 0. The van der Waals surface area contributed by atoms with E-state index in [1.165, 1.54) is 0 Å². The fraction of sp³-hybridized carbons (Fsp3) is 0.778. The molecule has 1 atom stereocenters. The Hall–Kier alpha value is -1.10. The minimum absolute atomic E-state index is 0.0167. The van der Waals surface area contributed by atoms with Gasteiger partial charge in [-0.15, -0.1) is 0 Å². The standard InChI is InChI=1S/C9H17N3O2/c1-9(2,10)8(14)12-6-3-4-7(13)11-5-6/h6H,3-5,10H2,1-2H3,(H,11,13)(H,12,14). The van der Waals surface area contributed by atoms with Crippen LogP contribution in [-0.2, 0) is 9.59 Å². The Morgan fingerprint density at radius 1 is 1.64 bits per heavy atom. The minimum Gasteiger partial charge on any atom is -0.354 e. The van der Waals surface area contributed by atoms with Crippen LogP contribution >= 0.6 is 0 Å². The number of amides is 2. The third-order valence-corrected chi connectivity index (χ3v) is 2.19. The molecule has 0 aliphatic carbocycles. The second-order valence-electron chi connectivity index (χ2n) is 4.23. The number of hydrogen-bond acceptors (Lipinski definition) is 3. The van der Waals surface area contributed by atoms with Crippen LogP contribution in [0.5, 0.6) is 0 Å². The zero-order valence-electron chi connectivity index (χ0n) is 8.59. The van der Waals surface area contributed by atoms with Crippen molar-refractivity contribution >= 4 is 11.8 Å². The lowest BCUT2D eigenvalue weighted by Gasteiger charge is -2.27. The van der Waals surface area contributed by atoms with Gasteiger partial charge in [0.05, 0.1) is 5.54 Å². The molecule has 5 heteroatoms. The summed E-state index contributed by atoms with van der Waals surface area (Å²) in [7, 11) is 0. The van der Waals surface area contributed by atoms with Crippen LogP contribution in [0.2, 0.25) is 0 Å². The van der Waals surface area contributed by atoms with Crippen LogP contribution in [0.1, 0.15) is 26.7 Å². The Morgan fingerprint density at radius 2 is 2.29 bits per heavy atom. The number of nitrogens with two attached hydrogens (primary N) is 1. The smallest absolute Gasteiger partial charge is 0.239 e. The Labute approximate surface area is 83.4 Å². The van der Waals surface area contributed by atoms with E-state index in [4.69, 9.17) is 5.73 Å². The van der Waals surface area contributed by atoms with Crippen molar-refractivity contribution in [2.75, 3.05) is 6.54 Å². The molecule has 0 aromatic heterocycles. The van der Waals surface area contributed by atoms with E-state index in [1.54, 1.807) is 13.8 Å². The highest BCUT2D eigenvalue weighted by Gasteiger charge is 2.26. The van der Waals surface area contributed by atoms with Crippen molar-refractivity contribution < 1.29 is 9.59 Å². The molecule has 14 heavy (non-hydrogen) atoms. The molecule has 5 nitrogen and oxygen atoms in total. The van der Waals surface area contributed by atoms with E-state index < -0.39 is 5.54 Å². The van der Waals surface area contributed by atoms with Gasteiger partial charge in [0.15, 0.2) is 0 Å². The summed E-state index contributed by atoms with van der Waals surface area (Å²) < 4.78 is 0. The van der Waals surface area contributed by atoms with Gasteiger partial charge >= 0.3 is 0 Å². The van der Waals surface area contributed by atoms with Crippen molar-refractivity contribution in [2.24, 2.45) is 5.73 Å². The van der Waals surface area contributed by atoms with E-state index in [0.29, 0.717) is 19.4 Å². The van der Waals surface area contributed by atoms with Crippen LogP contribution in [0.25, 0.3) is 0 Å². The van der Waals surface area contributed by atoms with Crippen molar-refractivity contribution in [3.05, 3.63) is 0 Å². The summed E-state index contributed by atoms with van der Waals surface area (Å²) in [5, 5.41) is 5.50. The molecule has 0 aromatic carbocycles. The summed E-state index contributed by atoms with van der Waals surface area (Å²) in [6, 6.07) is 0.0167. The van der Waals surface area contributed by atoms with Crippen LogP contribution in [0.15, 0.2) is 0 Å². The Kier molecular flexibility index (Phi) is 3.10. The molecule has 80 valence electrons. The minimum atomic E-state index is -0.860. The van der Waals surface area contributed by atoms with Crippen LogP contribution in [0.4, 0.5) is 0 Å². The fourth-order valence-corrected chi connectivity index (χ4v) is 1.23. The maximum absolute atomic E-state index is 11.5. The topological polar surface area (TPSA) is 84.2 Å². The van der Waals surface area contributed by atoms with Crippen LogP contribution in [0.3, 0.4) is 0 Å². The monoisotopic (exact) mass is 199 g/mol. The molecular formula is C9H17N3O2. The number of rotatable bonds is 2.